The Hall–Kier alpha value is -3.02. The SMILES string of the molecule is CCc1ccc(OCCOc2cccc(CN3CC(C(=O)O)CC3=O)c2)cc1. The summed E-state index contributed by atoms with van der Waals surface area (Å²) in [6, 6.07) is 15.5. The minimum absolute atomic E-state index is 0.0715. The first kappa shape index (κ1) is 19.7. The fraction of sp³-hybridized carbons (Fsp3) is 0.364. The van der Waals surface area contributed by atoms with Crippen molar-refractivity contribution in [3.05, 3.63) is 59.7 Å². The number of rotatable bonds is 9. The average molecular weight is 383 g/mol. The number of carbonyl (C=O) groups is 2. The second-order valence-electron chi connectivity index (χ2n) is 6.86. The summed E-state index contributed by atoms with van der Waals surface area (Å²) in [7, 11) is 0. The fourth-order valence-corrected chi connectivity index (χ4v) is 3.18. The van der Waals surface area contributed by atoms with Crippen molar-refractivity contribution in [1.82, 2.24) is 4.90 Å². The highest BCUT2D eigenvalue weighted by atomic mass is 16.5. The summed E-state index contributed by atoms with van der Waals surface area (Å²) in [5.74, 6) is -0.145. The van der Waals surface area contributed by atoms with E-state index in [9.17, 15) is 9.59 Å². The molecule has 0 aliphatic carbocycles. The molecule has 0 saturated carbocycles. The summed E-state index contributed by atoms with van der Waals surface area (Å²) in [4.78, 5) is 24.6. The van der Waals surface area contributed by atoms with Gasteiger partial charge in [0.1, 0.15) is 24.7 Å². The Balaban J connectivity index is 1.46. The fourth-order valence-electron chi connectivity index (χ4n) is 3.18. The number of carboxylic acids is 1. The van der Waals surface area contributed by atoms with Gasteiger partial charge in [0.15, 0.2) is 0 Å². The van der Waals surface area contributed by atoms with E-state index in [1.807, 2.05) is 48.5 Å². The molecule has 1 amide bonds. The summed E-state index contributed by atoms with van der Waals surface area (Å²) in [5, 5.41) is 9.08. The molecule has 1 saturated heterocycles. The number of hydrogen-bond acceptors (Lipinski definition) is 4. The maximum Gasteiger partial charge on any atom is 0.308 e. The zero-order valence-electron chi connectivity index (χ0n) is 16.0. The van der Waals surface area contributed by atoms with Crippen LogP contribution in [0.5, 0.6) is 11.5 Å². The van der Waals surface area contributed by atoms with Gasteiger partial charge < -0.3 is 19.5 Å². The largest absolute Gasteiger partial charge is 0.490 e. The lowest BCUT2D eigenvalue weighted by molar-refractivity contribution is -0.141. The van der Waals surface area contributed by atoms with Gasteiger partial charge in [-0.15, -0.1) is 0 Å². The number of hydrogen-bond donors (Lipinski definition) is 1. The molecule has 148 valence electrons. The zero-order chi connectivity index (χ0) is 19.9. The van der Waals surface area contributed by atoms with Crippen LogP contribution < -0.4 is 9.47 Å². The lowest BCUT2D eigenvalue weighted by atomic mass is 10.1. The number of nitrogens with zero attached hydrogens (tertiary/aromatic N) is 1. The second-order valence-corrected chi connectivity index (χ2v) is 6.86. The molecule has 0 spiro atoms. The Morgan fingerprint density at radius 2 is 1.79 bits per heavy atom. The Labute approximate surface area is 164 Å². The summed E-state index contributed by atoms with van der Waals surface area (Å²) in [5.41, 5.74) is 2.18. The van der Waals surface area contributed by atoms with E-state index in [0.717, 1.165) is 17.7 Å². The number of amides is 1. The smallest absolute Gasteiger partial charge is 0.308 e. The zero-order valence-corrected chi connectivity index (χ0v) is 16.0. The van der Waals surface area contributed by atoms with Crippen molar-refractivity contribution in [1.29, 1.82) is 0 Å². The first-order valence-electron chi connectivity index (χ1n) is 9.49. The molecular formula is C22H25NO5. The Morgan fingerprint density at radius 3 is 2.43 bits per heavy atom. The van der Waals surface area contributed by atoms with Crippen LogP contribution in [0.4, 0.5) is 0 Å². The maximum absolute atomic E-state index is 12.0. The third-order valence-corrected chi connectivity index (χ3v) is 4.79. The van der Waals surface area contributed by atoms with Crippen LogP contribution >= 0.6 is 0 Å². The van der Waals surface area contributed by atoms with Crippen molar-refractivity contribution in [3.8, 4) is 11.5 Å². The van der Waals surface area contributed by atoms with Crippen LogP contribution in [-0.2, 0) is 22.6 Å². The molecule has 0 radical (unpaired) electrons. The number of benzene rings is 2. The number of likely N-dealkylation sites (tertiary alicyclic amines) is 1. The molecule has 1 N–H and O–H groups in total. The maximum atomic E-state index is 12.0. The molecule has 6 nitrogen and oxygen atoms in total. The molecular weight excluding hydrogens is 358 g/mol. The number of aryl methyl sites for hydroxylation is 1. The van der Waals surface area contributed by atoms with Crippen LogP contribution in [0, 0.1) is 5.92 Å². The van der Waals surface area contributed by atoms with E-state index in [4.69, 9.17) is 14.6 Å². The molecule has 1 atom stereocenters. The van der Waals surface area contributed by atoms with Gasteiger partial charge in [0, 0.05) is 19.5 Å². The molecule has 1 heterocycles. The highest BCUT2D eigenvalue weighted by Gasteiger charge is 2.34. The van der Waals surface area contributed by atoms with Gasteiger partial charge in [-0.3, -0.25) is 9.59 Å². The van der Waals surface area contributed by atoms with Crippen molar-refractivity contribution in [3.63, 3.8) is 0 Å². The van der Waals surface area contributed by atoms with Crippen LogP contribution in [0.1, 0.15) is 24.5 Å². The van der Waals surface area contributed by atoms with Gasteiger partial charge in [0.2, 0.25) is 5.91 Å². The van der Waals surface area contributed by atoms with Crippen molar-refractivity contribution in [2.24, 2.45) is 5.92 Å². The lowest BCUT2D eigenvalue weighted by Crippen LogP contribution is -2.25. The summed E-state index contributed by atoms with van der Waals surface area (Å²) in [6.07, 6.45) is 1.07. The van der Waals surface area contributed by atoms with E-state index < -0.39 is 11.9 Å². The molecule has 0 bridgehead atoms. The number of carboxylic acid groups (broad SMARTS) is 1. The van der Waals surface area contributed by atoms with Crippen LogP contribution in [0.25, 0.3) is 0 Å². The highest BCUT2D eigenvalue weighted by Crippen LogP contribution is 2.22. The topological polar surface area (TPSA) is 76.1 Å². The molecule has 1 aliphatic rings. The first-order chi connectivity index (χ1) is 13.5. The van der Waals surface area contributed by atoms with E-state index in [0.29, 0.717) is 25.5 Å². The number of ether oxygens (including phenoxy) is 2. The molecule has 28 heavy (non-hydrogen) atoms. The van der Waals surface area contributed by atoms with Gasteiger partial charge in [0.25, 0.3) is 0 Å². The van der Waals surface area contributed by atoms with Crippen molar-refractivity contribution >= 4 is 11.9 Å². The van der Waals surface area contributed by atoms with Crippen LogP contribution in [0.15, 0.2) is 48.5 Å². The molecule has 1 unspecified atom stereocenters. The Morgan fingerprint density at radius 1 is 1.07 bits per heavy atom. The molecule has 2 aromatic rings. The van der Waals surface area contributed by atoms with Crippen LogP contribution in [0.3, 0.4) is 0 Å². The molecule has 1 fully saturated rings. The van der Waals surface area contributed by atoms with E-state index in [1.165, 1.54) is 5.56 Å². The van der Waals surface area contributed by atoms with Gasteiger partial charge in [-0.25, -0.2) is 0 Å². The van der Waals surface area contributed by atoms with E-state index in [2.05, 4.69) is 6.92 Å². The third kappa shape index (κ3) is 5.25. The average Bonchev–Trinajstić information content (AvgIpc) is 3.07. The van der Waals surface area contributed by atoms with Gasteiger partial charge in [0.05, 0.1) is 5.92 Å². The second kappa shape index (κ2) is 9.26. The van der Waals surface area contributed by atoms with Crippen LogP contribution in [-0.4, -0.2) is 41.6 Å². The predicted molar refractivity (Wildman–Crippen MR) is 104 cm³/mol. The number of carbonyl (C=O) groups excluding carboxylic acids is 1. The van der Waals surface area contributed by atoms with Gasteiger partial charge in [-0.1, -0.05) is 31.2 Å². The molecule has 3 rings (SSSR count). The van der Waals surface area contributed by atoms with Crippen molar-refractivity contribution in [2.45, 2.75) is 26.3 Å². The van der Waals surface area contributed by atoms with E-state index in [1.54, 1.807) is 4.90 Å². The Bertz CT molecular complexity index is 818. The summed E-state index contributed by atoms with van der Waals surface area (Å²) < 4.78 is 11.4. The normalized spacial score (nSPS) is 16.2. The lowest BCUT2D eigenvalue weighted by Gasteiger charge is -2.16. The van der Waals surface area contributed by atoms with Gasteiger partial charge in [-0.2, -0.15) is 0 Å². The monoisotopic (exact) mass is 383 g/mol. The number of aliphatic carboxylic acids is 1. The first-order valence-corrected chi connectivity index (χ1v) is 9.49. The molecule has 2 aromatic carbocycles. The third-order valence-electron chi connectivity index (χ3n) is 4.79. The minimum atomic E-state index is -0.919. The van der Waals surface area contributed by atoms with Crippen molar-refractivity contribution in [2.75, 3.05) is 19.8 Å². The molecule has 6 heteroatoms. The van der Waals surface area contributed by atoms with Gasteiger partial charge >= 0.3 is 5.97 Å². The van der Waals surface area contributed by atoms with Crippen molar-refractivity contribution < 1.29 is 24.2 Å². The quantitative estimate of drug-likeness (QED) is 0.673. The summed E-state index contributed by atoms with van der Waals surface area (Å²) in [6.45, 7) is 3.59. The molecule has 0 aromatic heterocycles. The standard InChI is InChI=1S/C22H25NO5/c1-2-16-6-8-19(9-7-16)27-10-11-28-20-5-3-4-17(12-20)14-23-15-18(22(25)26)13-21(23)24/h3-9,12,18H,2,10-11,13-15H2,1H3,(H,25,26). The molecule has 1 aliphatic heterocycles. The predicted octanol–water partition coefficient (Wildman–Crippen LogP) is 3.14. The van der Waals surface area contributed by atoms with Crippen LogP contribution in [0.2, 0.25) is 0 Å². The van der Waals surface area contributed by atoms with Gasteiger partial charge in [-0.05, 0) is 41.8 Å². The highest BCUT2D eigenvalue weighted by molar-refractivity contribution is 5.86. The minimum Gasteiger partial charge on any atom is -0.490 e. The summed E-state index contributed by atoms with van der Waals surface area (Å²) >= 11 is 0. The Kier molecular flexibility index (Phi) is 6.53. The van der Waals surface area contributed by atoms with E-state index in [-0.39, 0.29) is 18.9 Å². The van der Waals surface area contributed by atoms with E-state index >= 15 is 0 Å².